The summed E-state index contributed by atoms with van der Waals surface area (Å²) in [4.78, 5) is 17.6. The number of rotatable bonds is 10. The first kappa shape index (κ1) is 27.8. The molecule has 35 heavy (non-hydrogen) atoms. The molecule has 1 aliphatic heterocycles. The summed E-state index contributed by atoms with van der Waals surface area (Å²) in [6.07, 6.45) is 1.33. The average molecular weight is 523 g/mol. The van der Waals surface area contributed by atoms with E-state index in [0.717, 1.165) is 37.2 Å². The van der Waals surface area contributed by atoms with Gasteiger partial charge >= 0.3 is 0 Å². The second kappa shape index (κ2) is 12.4. The standard InChI is InChI=1S/C27H37Cl2N3O3/c1-27(2,3)30-21-11-12-32(17-21)18-25(20-6-8-22(9-7-20)35-14-13-33)31(4)26(34)16-19-5-10-23(28)24(29)15-19/h5-10,15,21,25,30,33H,11-14,16-18H2,1-4H3/t21?,25-/m1/s1. The van der Waals surface area contributed by atoms with Gasteiger partial charge in [-0.25, -0.2) is 0 Å². The maximum absolute atomic E-state index is 13.3. The molecule has 1 heterocycles. The highest BCUT2D eigenvalue weighted by atomic mass is 35.5. The molecule has 0 aliphatic carbocycles. The Bertz CT molecular complexity index is 979. The number of likely N-dealkylation sites (N-methyl/N-ethyl adjacent to an activating group) is 1. The van der Waals surface area contributed by atoms with E-state index in [2.05, 4.69) is 31.0 Å². The highest BCUT2D eigenvalue weighted by Crippen LogP contribution is 2.27. The van der Waals surface area contributed by atoms with Crippen LogP contribution in [0.25, 0.3) is 0 Å². The van der Waals surface area contributed by atoms with Crippen LogP contribution >= 0.6 is 23.2 Å². The van der Waals surface area contributed by atoms with Gasteiger partial charge in [-0.2, -0.15) is 0 Å². The number of nitrogens with zero attached hydrogens (tertiary/aromatic N) is 2. The van der Waals surface area contributed by atoms with E-state index in [1.807, 2.05) is 42.3 Å². The van der Waals surface area contributed by atoms with Gasteiger partial charge in [-0.1, -0.05) is 41.4 Å². The van der Waals surface area contributed by atoms with Gasteiger partial charge in [-0.05, 0) is 69.1 Å². The first-order valence-electron chi connectivity index (χ1n) is 12.1. The predicted octanol–water partition coefficient (Wildman–Crippen LogP) is 4.57. The second-order valence-corrected chi connectivity index (χ2v) is 11.0. The molecule has 0 aromatic heterocycles. The molecule has 0 bridgehead atoms. The zero-order valence-corrected chi connectivity index (χ0v) is 22.6. The number of carbonyl (C=O) groups excluding carboxylic acids is 1. The molecule has 6 nitrogen and oxygen atoms in total. The normalized spacial score (nSPS) is 17.4. The molecule has 2 aromatic rings. The van der Waals surface area contributed by atoms with E-state index in [-0.39, 0.29) is 37.1 Å². The Balaban J connectivity index is 1.76. The van der Waals surface area contributed by atoms with Gasteiger partial charge in [0.05, 0.1) is 29.1 Å². The van der Waals surface area contributed by atoms with Crippen LogP contribution in [-0.2, 0) is 11.2 Å². The summed E-state index contributed by atoms with van der Waals surface area (Å²) in [6.45, 7) is 9.45. The van der Waals surface area contributed by atoms with E-state index >= 15 is 0 Å². The van der Waals surface area contributed by atoms with Crippen LogP contribution in [0, 0.1) is 0 Å². The van der Waals surface area contributed by atoms with Gasteiger partial charge in [0.2, 0.25) is 5.91 Å². The molecule has 0 saturated carbocycles. The fourth-order valence-electron chi connectivity index (χ4n) is 4.50. The third-order valence-corrected chi connectivity index (χ3v) is 6.90. The molecule has 0 spiro atoms. The molecular formula is C27H37Cl2N3O3. The number of amides is 1. The summed E-state index contributed by atoms with van der Waals surface area (Å²) in [5, 5.41) is 13.6. The number of hydrogen-bond acceptors (Lipinski definition) is 5. The molecule has 1 unspecified atom stereocenters. The molecular weight excluding hydrogens is 485 g/mol. The summed E-state index contributed by atoms with van der Waals surface area (Å²) < 4.78 is 5.52. The number of aliphatic hydroxyl groups is 1. The summed E-state index contributed by atoms with van der Waals surface area (Å²) in [7, 11) is 1.86. The number of carbonyl (C=O) groups is 1. The van der Waals surface area contributed by atoms with Crippen molar-refractivity contribution >= 4 is 29.1 Å². The molecule has 1 aliphatic rings. The van der Waals surface area contributed by atoms with Crippen LogP contribution in [0.3, 0.4) is 0 Å². The van der Waals surface area contributed by atoms with E-state index in [9.17, 15) is 4.79 Å². The number of aliphatic hydroxyl groups excluding tert-OH is 1. The lowest BCUT2D eigenvalue weighted by molar-refractivity contribution is -0.131. The molecule has 2 N–H and O–H groups in total. The van der Waals surface area contributed by atoms with Gasteiger partial charge in [0.15, 0.2) is 0 Å². The third kappa shape index (κ3) is 8.36. The van der Waals surface area contributed by atoms with Crippen LogP contribution in [0.15, 0.2) is 42.5 Å². The zero-order valence-electron chi connectivity index (χ0n) is 21.1. The van der Waals surface area contributed by atoms with Crippen molar-refractivity contribution in [3.05, 3.63) is 63.6 Å². The number of nitrogens with one attached hydrogen (secondary N) is 1. The Labute approximate surface area is 219 Å². The fourth-order valence-corrected chi connectivity index (χ4v) is 4.82. The number of halogens is 2. The van der Waals surface area contributed by atoms with E-state index in [4.69, 9.17) is 33.0 Å². The van der Waals surface area contributed by atoms with Crippen molar-refractivity contribution in [1.82, 2.24) is 15.1 Å². The number of likely N-dealkylation sites (tertiary alicyclic amines) is 1. The van der Waals surface area contributed by atoms with Gasteiger partial charge in [-0.15, -0.1) is 0 Å². The van der Waals surface area contributed by atoms with Gasteiger partial charge < -0.3 is 20.1 Å². The minimum absolute atomic E-state index is 0.0116. The van der Waals surface area contributed by atoms with Crippen molar-refractivity contribution in [1.29, 1.82) is 0 Å². The Morgan fingerprint density at radius 3 is 2.54 bits per heavy atom. The van der Waals surface area contributed by atoms with Gasteiger partial charge in [0, 0.05) is 31.7 Å². The first-order valence-corrected chi connectivity index (χ1v) is 12.8. The molecule has 3 rings (SSSR count). The fraction of sp³-hybridized carbons (Fsp3) is 0.519. The van der Waals surface area contributed by atoms with Gasteiger partial charge in [-0.3, -0.25) is 9.69 Å². The van der Waals surface area contributed by atoms with E-state index in [1.54, 1.807) is 12.1 Å². The van der Waals surface area contributed by atoms with Crippen LogP contribution < -0.4 is 10.1 Å². The van der Waals surface area contributed by atoms with E-state index in [0.29, 0.717) is 21.8 Å². The van der Waals surface area contributed by atoms with Crippen LogP contribution in [0.1, 0.15) is 44.4 Å². The second-order valence-electron chi connectivity index (χ2n) is 10.2. The maximum atomic E-state index is 13.3. The van der Waals surface area contributed by atoms with E-state index in [1.165, 1.54) is 0 Å². The third-order valence-electron chi connectivity index (χ3n) is 6.17. The quantitative estimate of drug-likeness (QED) is 0.479. The summed E-state index contributed by atoms with van der Waals surface area (Å²) in [5.74, 6) is 0.708. The Kier molecular flexibility index (Phi) is 9.85. The van der Waals surface area contributed by atoms with Crippen molar-refractivity contribution in [3.8, 4) is 5.75 Å². The maximum Gasteiger partial charge on any atom is 0.227 e. The van der Waals surface area contributed by atoms with Crippen molar-refractivity contribution < 1.29 is 14.6 Å². The summed E-state index contributed by atoms with van der Waals surface area (Å²) in [5.41, 5.74) is 1.94. The van der Waals surface area contributed by atoms with Crippen molar-refractivity contribution in [2.75, 3.05) is 39.9 Å². The summed E-state index contributed by atoms with van der Waals surface area (Å²) in [6, 6.07) is 13.4. The SMILES string of the molecule is CN(C(=O)Cc1ccc(Cl)c(Cl)c1)[C@H](CN1CCC(NC(C)(C)C)C1)c1ccc(OCCO)cc1. The molecule has 8 heteroatoms. The van der Waals surface area contributed by atoms with Crippen molar-refractivity contribution in [3.63, 3.8) is 0 Å². The largest absolute Gasteiger partial charge is 0.491 e. The minimum Gasteiger partial charge on any atom is -0.491 e. The lowest BCUT2D eigenvalue weighted by atomic mass is 10.0. The summed E-state index contributed by atoms with van der Waals surface area (Å²) >= 11 is 12.2. The highest BCUT2D eigenvalue weighted by Gasteiger charge is 2.30. The molecule has 1 saturated heterocycles. The van der Waals surface area contributed by atoms with Crippen LogP contribution in [0.5, 0.6) is 5.75 Å². The zero-order chi connectivity index (χ0) is 25.6. The van der Waals surface area contributed by atoms with Gasteiger partial charge in [0.1, 0.15) is 12.4 Å². The monoisotopic (exact) mass is 521 g/mol. The number of ether oxygens (including phenoxy) is 1. The molecule has 192 valence electrons. The van der Waals surface area contributed by atoms with Crippen molar-refractivity contribution in [2.24, 2.45) is 0 Å². The van der Waals surface area contributed by atoms with Crippen molar-refractivity contribution in [2.45, 2.75) is 51.2 Å². The molecule has 1 amide bonds. The van der Waals surface area contributed by atoms with Crippen LogP contribution in [-0.4, -0.2) is 72.3 Å². The minimum atomic E-state index is -0.120. The Hall–Kier alpha value is -1.83. The van der Waals surface area contributed by atoms with Crippen LogP contribution in [0.2, 0.25) is 10.0 Å². The Morgan fingerprint density at radius 2 is 1.91 bits per heavy atom. The predicted molar refractivity (Wildman–Crippen MR) is 142 cm³/mol. The Morgan fingerprint density at radius 1 is 1.20 bits per heavy atom. The van der Waals surface area contributed by atoms with E-state index < -0.39 is 0 Å². The first-order chi connectivity index (χ1) is 16.6. The number of benzene rings is 2. The average Bonchev–Trinajstić information content (AvgIpc) is 3.23. The molecule has 1 fully saturated rings. The molecule has 2 aromatic carbocycles. The van der Waals surface area contributed by atoms with Gasteiger partial charge in [0.25, 0.3) is 0 Å². The number of hydrogen-bond donors (Lipinski definition) is 2. The van der Waals surface area contributed by atoms with Crippen LogP contribution in [0.4, 0.5) is 0 Å². The smallest absolute Gasteiger partial charge is 0.227 e. The lowest BCUT2D eigenvalue weighted by Crippen LogP contribution is -2.45. The molecule has 2 atom stereocenters. The topological polar surface area (TPSA) is 65.0 Å². The lowest BCUT2D eigenvalue weighted by Gasteiger charge is -2.33. The highest BCUT2D eigenvalue weighted by molar-refractivity contribution is 6.42. The molecule has 0 radical (unpaired) electrons.